The van der Waals surface area contributed by atoms with Gasteiger partial charge in [-0.1, -0.05) is 19.1 Å². The molecule has 0 saturated carbocycles. The smallest absolute Gasteiger partial charge is 0.285 e. The first kappa shape index (κ1) is 17.4. The maximum Gasteiger partial charge on any atom is 0.285 e. The van der Waals surface area contributed by atoms with Crippen LogP contribution < -0.4 is 5.73 Å². The second-order valence-electron chi connectivity index (χ2n) is 5.72. The number of amides is 1. The zero-order chi connectivity index (χ0) is 14.9. The van der Waals surface area contributed by atoms with Crippen molar-refractivity contribution >= 4 is 24.0 Å². The van der Waals surface area contributed by atoms with Gasteiger partial charge in [-0.2, -0.15) is 0 Å². The normalized spacial score (nSPS) is 21.0. The monoisotopic (exact) mass is 313 g/mol. The van der Waals surface area contributed by atoms with Crippen LogP contribution in [0.2, 0.25) is 0 Å². The Morgan fingerprint density at radius 3 is 2.71 bits per heavy atom. The van der Waals surface area contributed by atoms with Gasteiger partial charge in [0.15, 0.2) is 0 Å². The first-order chi connectivity index (χ1) is 9.38. The Kier molecular flexibility index (Phi) is 5.31. The second-order valence-corrected chi connectivity index (χ2v) is 5.72. The Morgan fingerprint density at radius 2 is 2.19 bits per heavy atom. The zero-order valence-corrected chi connectivity index (χ0v) is 13.0. The lowest BCUT2D eigenvalue weighted by molar-refractivity contribution is -0.385. The lowest BCUT2D eigenvalue weighted by atomic mass is 9.90. The summed E-state index contributed by atoms with van der Waals surface area (Å²) in [5.74, 6) is -0.280. The Morgan fingerprint density at radius 1 is 1.52 bits per heavy atom. The van der Waals surface area contributed by atoms with Crippen LogP contribution in [0.5, 0.6) is 0 Å². The molecular formula is C14H20ClN3O3. The molecular weight excluding hydrogens is 294 g/mol. The van der Waals surface area contributed by atoms with Gasteiger partial charge in [0.05, 0.1) is 4.92 Å². The fourth-order valence-electron chi connectivity index (χ4n) is 2.61. The predicted molar refractivity (Wildman–Crippen MR) is 82.8 cm³/mol. The average molecular weight is 314 g/mol. The fourth-order valence-corrected chi connectivity index (χ4v) is 2.61. The van der Waals surface area contributed by atoms with Crippen molar-refractivity contribution in [1.82, 2.24) is 4.90 Å². The van der Waals surface area contributed by atoms with Crippen molar-refractivity contribution in [3.63, 3.8) is 0 Å². The highest BCUT2D eigenvalue weighted by atomic mass is 35.5. The van der Waals surface area contributed by atoms with E-state index in [-0.39, 0.29) is 35.0 Å². The molecule has 0 aliphatic carbocycles. The number of hydrogen-bond acceptors (Lipinski definition) is 4. The molecule has 1 atom stereocenters. The summed E-state index contributed by atoms with van der Waals surface area (Å²) in [7, 11) is 0. The third-order valence-electron chi connectivity index (χ3n) is 3.99. The van der Waals surface area contributed by atoms with Gasteiger partial charge in [-0.25, -0.2) is 0 Å². The summed E-state index contributed by atoms with van der Waals surface area (Å²) in [4.78, 5) is 24.8. The van der Waals surface area contributed by atoms with Gasteiger partial charge in [0.1, 0.15) is 5.56 Å². The van der Waals surface area contributed by atoms with E-state index in [9.17, 15) is 14.9 Å². The first-order valence-electron chi connectivity index (χ1n) is 6.61. The summed E-state index contributed by atoms with van der Waals surface area (Å²) in [5.41, 5.74) is 6.20. The molecule has 1 saturated heterocycles. The van der Waals surface area contributed by atoms with Crippen LogP contribution in [-0.2, 0) is 0 Å². The van der Waals surface area contributed by atoms with Gasteiger partial charge in [-0.15, -0.1) is 12.4 Å². The van der Waals surface area contributed by atoms with Gasteiger partial charge in [-0.3, -0.25) is 14.9 Å². The molecule has 7 heteroatoms. The van der Waals surface area contributed by atoms with E-state index < -0.39 is 4.92 Å². The van der Waals surface area contributed by atoms with E-state index in [0.717, 1.165) is 6.42 Å². The highest BCUT2D eigenvalue weighted by Gasteiger charge is 2.37. The second kappa shape index (κ2) is 6.41. The number of benzene rings is 1. The van der Waals surface area contributed by atoms with Gasteiger partial charge in [-0.05, 0) is 31.4 Å². The van der Waals surface area contributed by atoms with E-state index in [1.807, 2.05) is 6.92 Å². The Labute approximate surface area is 129 Å². The summed E-state index contributed by atoms with van der Waals surface area (Å²) >= 11 is 0. The van der Waals surface area contributed by atoms with Gasteiger partial charge >= 0.3 is 0 Å². The van der Waals surface area contributed by atoms with Crippen LogP contribution in [0.3, 0.4) is 0 Å². The molecule has 1 aliphatic heterocycles. The van der Waals surface area contributed by atoms with Crippen LogP contribution in [-0.4, -0.2) is 35.4 Å². The standard InChI is InChI=1S/C14H19N3O3.ClH/c1-10-4-3-5-11(12(10)17(19)20)13(18)16-7-6-14(2,8-15)9-16;/h3-5H,6-9,15H2,1-2H3;1H. The van der Waals surface area contributed by atoms with E-state index in [4.69, 9.17) is 5.73 Å². The topological polar surface area (TPSA) is 89.5 Å². The number of para-hydroxylation sites is 1. The minimum Gasteiger partial charge on any atom is -0.338 e. The maximum absolute atomic E-state index is 12.5. The number of rotatable bonds is 3. The number of nitro groups is 1. The Balaban J connectivity index is 0.00000220. The number of nitrogens with two attached hydrogens (primary N) is 1. The maximum atomic E-state index is 12.5. The molecule has 2 rings (SSSR count). The Hall–Kier alpha value is -1.66. The van der Waals surface area contributed by atoms with Crippen LogP contribution in [0.1, 0.15) is 29.3 Å². The number of nitrogens with zero attached hydrogens (tertiary/aromatic N) is 2. The van der Waals surface area contributed by atoms with Crippen LogP contribution in [0.4, 0.5) is 5.69 Å². The summed E-state index contributed by atoms with van der Waals surface area (Å²) in [5, 5.41) is 11.2. The van der Waals surface area contributed by atoms with Gasteiger partial charge < -0.3 is 10.6 Å². The van der Waals surface area contributed by atoms with E-state index in [2.05, 4.69) is 0 Å². The number of carbonyl (C=O) groups excluding carboxylic acids is 1. The summed E-state index contributed by atoms with van der Waals surface area (Å²) in [6.07, 6.45) is 0.828. The number of nitro benzene ring substituents is 1. The van der Waals surface area contributed by atoms with Gasteiger partial charge in [0, 0.05) is 18.7 Å². The van der Waals surface area contributed by atoms with Gasteiger partial charge in [0.25, 0.3) is 11.6 Å². The van der Waals surface area contributed by atoms with Crippen LogP contribution in [0, 0.1) is 22.5 Å². The lowest BCUT2D eigenvalue weighted by Gasteiger charge is -2.22. The average Bonchev–Trinajstić information content (AvgIpc) is 2.80. The predicted octanol–water partition coefficient (Wildman–Crippen LogP) is 2.14. The van der Waals surface area contributed by atoms with Crippen LogP contribution in [0.15, 0.2) is 18.2 Å². The molecule has 1 unspecified atom stereocenters. The number of carbonyl (C=O) groups is 1. The zero-order valence-electron chi connectivity index (χ0n) is 12.2. The minimum atomic E-state index is -0.485. The number of likely N-dealkylation sites (tertiary alicyclic amines) is 1. The van der Waals surface area contributed by atoms with E-state index in [1.165, 1.54) is 6.07 Å². The lowest BCUT2D eigenvalue weighted by Crippen LogP contribution is -2.34. The largest absolute Gasteiger partial charge is 0.338 e. The number of halogens is 1. The van der Waals surface area contributed by atoms with E-state index in [0.29, 0.717) is 25.2 Å². The van der Waals surface area contributed by atoms with Gasteiger partial charge in [0.2, 0.25) is 0 Å². The number of hydrogen-bond donors (Lipinski definition) is 1. The summed E-state index contributed by atoms with van der Waals surface area (Å²) in [6.45, 7) is 5.32. The highest BCUT2D eigenvalue weighted by Crippen LogP contribution is 2.31. The first-order valence-corrected chi connectivity index (χ1v) is 6.61. The molecule has 1 aliphatic rings. The molecule has 2 N–H and O–H groups in total. The molecule has 0 spiro atoms. The molecule has 0 aromatic heterocycles. The quantitative estimate of drug-likeness (QED) is 0.684. The molecule has 1 amide bonds. The van der Waals surface area contributed by atoms with Crippen molar-refractivity contribution in [2.75, 3.05) is 19.6 Å². The van der Waals surface area contributed by atoms with Crippen molar-refractivity contribution in [1.29, 1.82) is 0 Å². The third-order valence-corrected chi connectivity index (χ3v) is 3.99. The molecule has 0 radical (unpaired) electrons. The molecule has 21 heavy (non-hydrogen) atoms. The van der Waals surface area contributed by atoms with E-state index >= 15 is 0 Å². The third kappa shape index (κ3) is 3.33. The van der Waals surface area contributed by atoms with Crippen LogP contribution in [0.25, 0.3) is 0 Å². The molecule has 1 fully saturated rings. The molecule has 1 aromatic rings. The molecule has 0 bridgehead atoms. The van der Waals surface area contributed by atoms with Crippen LogP contribution >= 0.6 is 12.4 Å². The van der Waals surface area contributed by atoms with E-state index in [1.54, 1.807) is 24.0 Å². The minimum absolute atomic E-state index is 0. The molecule has 1 aromatic carbocycles. The SMILES string of the molecule is Cc1cccc(C(=O)N2CCC(C)(CN)C2)c1[N+](=O)[O-].Cl. The summed E-state index contributed by atoms with van der Waals surface area (Å²) < 4.78 is 0. The Bertz CT molecular complexity index is 564. The fraction of sp³-hybridized carbons (Fsp3) is 0.500. The van der Waals surface area contributed by atoms with Crippen molar-refractivity contribution < 1.29 is 9.72 Å². The van der Waals surface area contributed by atoms with Crippen molar-refractivity contribution in [2.24, 2.45) is 11.1 Å². The van der Waals surface area contributed by atoms with Crippen molar-refractivity contribution in [3.8, 4) is 0 Å². The highest BCUT2D eigenvalue weighted by molar-refractivity contribution is 5.98. The molecule has 6 nitrogen and oxygen atoms in total. The molecule has 116 valence electrons. The number of aryl methyl sites for hydroxylation is 1. The summed E-state index contributed by atoms with van der Waals surface area (Å²) in [6, 6.07) is 4.84. The molecule has 1 heterocycles. The van der Waals surface area contributed by atoms with Crippen molar-refractivity contribution in [2.45, 2.75) is 20.3 Å². The van der Waals surface area contributed by atoms with Crippen molar-refractivity contribution in [3.05, 3.63) is 39.4 Å².